The van der Waals surface area contributed by atoms with Crippen LogP contribution < -0.4 is 10.2 Å². The normalized spacial score (nSPS) is 13.7. The number of likely N-dealkylation sites (tertiary alicyclic amines) is 1. The molecule has 0 unspecified atom stereocenters. The second-order valence-corrected chi connectivity index (χ2v) is 8.24. The fraction of sp³-hybridized carbons (Fsp3) is 0.250. The molecule has 0 bridgehead atoms. The molecule has 34 heavy (non-hydrogen) atoms. The summed E-state index contributed by atoms with van der Waals surface area (Å²) in [6.07, 6.45) is 1.57. The molecule has 1 aliphatic rings. The van der Waals surface area contributed by atoms with Crippen molar-refractivity contribution in [3.8, 4) is 5.75 Å². The summed E-state index contributed by atoms with van der Waals surface area (Å²) in [5.41, 5.74) is 5.37. The fourth-order valence-electron chi connectivity index (χ4n) is 4.01. The summed E-state index contributed by atoms with van der Waals surface area (Å²) in [5.74, 6) is 0.546. The zero-order chi connectivity index (χ0) is 23.6. The molecule has 0 spiro atoms. The van der Waals surface area contributed by atoms with Gasteiger partial charge in [-0.3, -0.25) is 9.59 Å². The summed E-state index contributed by atoms with van der Waals surface area (Å²) in [6.45, 7) is 1.48. The van der Waals surface area contributed by atoms with Crippen molar-refractivity contribution in [1.29, 1.82) is 0 Å². The summed E-state index contributed by atoms with van der Waals surface area (Å²) >= 11 is 0. The molecule has 0 aliphatic carbocycles. The maximum absolute atomic E-state index is 12.8. The van der Waals surface area contributed by atoms with Crippen LogP contribution in [0.1, 0.15) is 30.4 Å². The molecular weight excluding hydrogens is 426 g/mol. The monoisotopic (exact) mass is 455 g/mol. The molecule has 1 saturated heterocycles. The van der Waals surface area contributed by atoms with Crippen molar-refractivity contribution in [2.45, 2.75) is 19.3 Å². The van der Waals surface area contributed by atoms with E-state index in [0.29, 0.717) is 39.0 Å². The molecule has 1 heterocycles. The third-order valence-electron chi connectivity index (χ3n) is 5.92. The first-order valence-electron chi connectivity index (χ1n) is 11.6. The van der Waals surface area contributed by atoms with Gasteiger partial charge in [-0.15, -0.1) is 0 Å². The third-order valence-corrected chi connectivity index (χ3v) is 5.92. The van der Waals surface area contributed by atoms with Gasteiger partial charge in [0.15, 0.2) is 0 Å². The van der Waals surface area contributed by atoms with Crippen LogP contribution in [0.3, 0.4) is 0 Å². The summed E-state index contributed by atoms with van der Waals surface area (Å²) in [4.78, 5) is 27.2. The number of carbonyl (C=O) groups excluding carboxylic acids is 2. The van der Waals surface area contributed by atoms with E-state index >= 15 is 0 Å². The molecule has 3 aromatic rings. The Hall–Kier alpha value is -3.93. The molecule has 1 aliphatic heterocycles. The van der Waals surface area contributed by atoms with Gasteiger partial charge < -0.3 is 9.64 Å². The third kappa shape index (κ3) is 6.32. The number of nitrogens with zero attached hydrogens (tertiary/aromatic N) is 2. The molecule has 0 radical (unpaired) electrons. The van der Waals surface area contributed by atoms with Gasteiger partial charge in [0, 0.05) is 30.1 Å². The largest absolute Gasteiger partial charge is 0.493 e. The minimum absolute atomic E-state index is 0.0586. The number of hydrazone groups is 1. The van der Waals surface area contributed by atoms with E-state index in [4.69, 9.17) is 4.74 Å². The molecule has 174 valence electrons. The highest BCUT2D eigenvalue weighted by atomic mass is 16.5. The molecular formula is C28H29N3O3. The van der Waals surface area contributed by atoms with Gasteiger partial charge in [0.25, 0.3) is 0 Å². The van der Waals surface area contributed by atoms with Crippen LogP contribution in [0.25, 0.3) is 0 Å². The number of hydrogen-bond donors (Lipinski definition) is 1. The van der Waals surface area contributed by atoms with Gasteiger partial charge in [0.1, 0.15) is 5.75 Å². The summed E-state index contributed by atoms with van der Waals surface area (Å²) in [5, 5.41) is 4.48. The van der Waals surface area contributed by atoms with Crippen molar-refractivity contribution in [3.63, 3.8) is 0 Å². The summed E-state index contributed by atoms with van der Waals surface area (Å²) in [7, 11) is 0. The van der Waals surface area contributed by atoms with Crippen molar-refractivity contribution in [2.24, 2.45) is 11.0 Å². The maximum Gasteiger partial charge on any atom is 0.243 e. The van der Waals surface area contributed by atoms with E-state index in [1.807, 2.05) is 95.9 Å². The molecule has 0 aromatic heterocycles. The Bertz CT molecular complexity index is 1050. The SMILES string of the molecule is O=C(NN=C(c1ccccc1)c1ccccc1)C1CCN(C(=O)CCOc2ccccc2)CC1. The lowest BCUT2D eigenvalue weighted by atomic mass is 9.96. The minimum atomic E-state index is -0.166. The number of ether oxygens (including phenoxy) is 1. The van der Waals surface area contributed by atoms with Crippen LogP contribution in [-0.4, -0.2) is 42.1 Å². The number of carbonyl (C=O) groups is 2. The highest BCUT2D eigenvalue weighted by molar-refractivity contribution is 6.13. The van der Waals surface area contributed by atoms with Gasteiger partial charge in [0.05, 0.1) is 18.7 Å². The molecule has 2 amide bonds. The minimum Gasteiger partial charge on any atom is -0.493 e. The van der Waals surface area contributed by atoms with Gasteiger partial charge in [-0.25, -0.2) is 5.43 Å². The number of rotatable bonds is 8. The van der Waals surface area contributed by atoms with Crippen LogP contribution >= 0.6 is 0 Å². The fourth-order valence-corrected chi connectivity index (χ4v) is 4.01. The Morgan fingerprint density at radius 3 is 1.91 bits per heavy atom. The first-order valence-corrected chi connectivity index (χ1v) is 11.6. The van der Waals surface area contributed by atoms with Crippen LogP contribution in [0.2, 0.25) is 0 Å². The van der Waals surface area contributed by atoms with Crippen LogP contribution in [0.15, 0.2) is 96.1 Å². The van der Waals surface area contributed by atoms with Crippen LogP contribution in [-0.2, 0) is 9.59 Å². The number of hydrogen-bond acceptors (Lipinski definition) is 4. The zero-order valence-corrected chi connectivity index (χ0v) is 19.1. The second kappa shape index (κ2) is 11.8. The molecule has 0 saturated carbocycles. The Balaban J connectivity index is 1.28. The average molecular weight is 456 g/mol. The Morgan fingerprint density at radius 2 is 1.35 bits per heavy atom. The summed E-state index contributed by atoms with van der Waals surface area (Å²) < 4.78 is 5.63. The molecule has 3 aromatic carbocycles. The Labute approximate surface area is 200 Å². The van der Waals surface area contributed by atoms with E-state index in [-0.39, 0.29) is 17.7 Å². The topological polar surface area (TPSA) is 71.0 Å². The van der Waals surface area contributed by atoms with Crippen molar-refractivity contribution in [1.82, 2.24) is 10.3 Å². The van der Waals surface area contributed by atoms with Gasteiger partial charge in [-0.1, -0.05) is 78.9 Å². The van der Waals surface area contributed by atoms with Crippen LogP contribution in [0, 0.1) is 5.92 Å². The Morgan fingerprint density at radius 1 is 0.824 bits per heavy atom. The molecule has 6 heteroatoms. The predicted octanol–water partition coefficient (Wildman–Crippen LogP) is 4.26. The van der Waals surface area contributed by atoms with E-state index in [2.05, 4.69) is 10.5 Å². The molecule has 0 atom stereocenters. The van der Waals surface area contributed by atoms with Crippen molar-refractivity contribution < 1.29 is 14.3 Å². The maximum atomic E-state index is 12.8. The van der Waals surface area contributed by atoms with Crippen LogP contribution in [0.5, 0.6) is 5.75 Å². The quantitative estimate of drug-likeness (QED) is 0.408. The summed E-state index contributed by atoms with van der Waals surface area (Å²) in [6, 6.07) is 29.1. The van der Waals surface area contributed by atoms with Gasteiger partial charge in [-0.05, 0) is 25.0 Å². The van der Waals surface area contributed by atoms with Crippen molar-refractivity contribution >= 4 is 17.5 Å². The molecule has 6 nitrogen and oxygen atoms in total. The smallest absolute Gasteiger partial charge is 0.243 e. The van der Waals surface area contributed by atoms with E-state index in [1.165, 1.54) is 0 Å². The van der Waals surface area contributed by atoms with E-state index in [1.54, 1.807) is 0 Å². The standard InChI is InChI=1S/C28H29N3O3/c32-26(18-21-34-25-14-8-3-9-15-25)31-19-16-24(17-20-31)28(33)30-29-27(22-10-4-1-5-11-22)23-12-6-2-7-13-23/h1-15,24H,16-21H2,(H,30,33). The zero-order valence-electron chi connectivity index (χ0n) is 19.1. The van der Waals surface area contributed by atoms with Crippen molar-refractivity contribution in [3.05, 3.63) is 102 Å². The van der Waals surface area contributed by atoms with E-state index in [0.717, 1.165) is 22.6 Å². The van der Waals surface area contributed by atoms with Crippen LogP contribution in [0.4, 0.5) is 0 Å². The lowest BCUT2D eigenvalue weighted by molar-refractivity contribution is -0.136. The molecule has 4 rings (SSSR count). The van der Waals surface area contributed by atoms with Gasteiger partial charge in [0.2, 0.25) is 11.8 Å². The number of para-hydroxylation sites is 1. The van der Waals surface area contributed by atoms with E-state index in [9.17, 15) is 9.59 Å². The Kier molecular flexibility index (Phi) is 8.06. The number of nitrogens with one attached hydrogen (secondary N) is 1. The number of piperidine rings is 1. The van der Waals surface area contributed by atoms with E-state index < -0.39 is 0 Å². The predicted molar refractivity (Wildman–Crippen MR) is 133 cm³/mol. The lowest BCUT2D eigenvalue weighted by Crippen LogP contribution is -2.42. The number of amides is 2. The van der Waals surface area contributed by atoms with Crippen molar-refractivity contribution in [2.75, 3.05) is 19.7 Å². The first-order chi connectivity index (χ1) is 16.7. The molecule has 1 N–H and O–H groups in total. The van der Waals surface area contributed by atoms with Gasteiger partial charge in [-0.2, -0.15) is 5.10 Å². The van der Waals surface area contributed by atoms with Gasteiger partial charge >= 0.3 is 0 Å². The highest BCUT2D eigenvalue weighted by Crippen LogP contribution is 2.19. The lowest BCUT2D eigenvalue weighted by Gasteiger charge is -2.31. The second-order valence-electron chi connectivity index (χ2n) is 8.24. The molecule has 1 fully saturated rings. The average Bonchev–Trinajstić information content (AvgIpc) is 2.90. The highest BCUT2D eigenvalue weighted by Gasteiger charge is 2.27. The first kappa shape index (κ1) is 23.2. The number of benzene rings is 3.